The van der Waals surface area contributed by atoms with E-state index in [-0.39, 0.29) is 41.5 Å². The molecule has 1 atom stereocenters. The minimum atomic E-state index is -1.20. The van der Waals surface area contributed by atoms with Crippen LogP contribution in [0.15, 0.2) is 84.1 Å². The summed E-state index contributed by atoms with van der Waals surface area (Å²) < 4.78 is 6.79. The number of ether oxygens (including phenoxy) is 1. The van der Waals surface area contributed by atoms with Gasteiger partial charge in [0.1, 0.15) is 0 Å². The standard InChI is InChI=1S/C45H55N7O7/c1-49(2)42(55)17-15-36-13-12-35(30-46-36)40(53)11-7-6-10-34(28-33-8-4-3-5-9-33)43(56)51-22-19-45(58,20-23-51)31-52-32-47-39-29-37(14-16-38(39)44(52)57)48-41(54)18-21-50-24-26-59-27-25-50/h3-5,8-9,12-17,29-30,32,34,58H,6-7,10-11,18-28,31H2,1-2H3,(H,48,54)/b17-15+/t34-/m0/s1. The highest BCUT2D eigenvalue weighted by Gasteiger charge is 2.36. The van der Waals surface area contributed by atoms with E-state index in [1.807, 2.05) is 35.2 Å². The van der Waals surface area contributed by atoms with Crippen LogP contribution in [0.5, 0.6) is 0 Å². The summed E-state index contributed by atoms with van der Waals surface area (Å²) in [6, 6.07) is 18.4. The van der Waals surface area contributed by atoms with Gasteiger partial charge in [0.2, 0.25) is 17.7 Å². The van der Waals surface area contributed by atoms with Gasteiger partial charge in [0.05, 0.1) is 48.3 Å². The summed E-state index contributed by atoms with van der Waals surface area (Å²) in [6.45, 7) is 4.37. The average Bonchev–Trinajstić information content (AvgIpc) is 3.25. The lowest BCUT2D eigenvalue weighted by atomic mass is 9.88. The highest BCUT2D eigenvalue weighted by molar-refractivity contribution is 5.96. The molecule has 6 rings (SSSR count). The number of ketones is 1. The number of aliphatic hydroxyl groups is 1. The summed E-state index contributed by atoms with van der Waals surface area (Å²) in [5.74, 6) is -0.555. The van der Waals surface area contributed by atoms with Crippen molar-refractivity contribution in [1.82, 2.24) is 29.2 Å². The Hall–Kier alpha value is -5.57. The first-order valence-corrected chi connectivity index (χ1v) is 20.5. The molecule has 0 spiro atoms. The van der Waals surface area contributed by atoms with E-state index in [0.29, 0.717) is 112 Å². The average molecular weight is 806 g/mol. The summed E-state index contributed by atoms with van der Waals surface area (Å²) in [4.78, 5) is 79.2. The van der Waals surface area contributed by atoms with Gasteiger partial charge in [0.15, 0.2) is 5.78 Å². The lowest BCUT2D eigenvalue weighted by Crippen LogP contribution is -2.51. The fourth-order valence-corrected chi connectivity index (χ4v) is 7.54. The molecule has 14 heteroatoms. The van der Waals surface area contributed by atoms with Crippen molar-refractivity contribution in [3.05, 3.63) is 106 Å². The predicted octanol–water partition coefficient (Wildman–Crippen LogP) is 4.21. The number of anilines is 1. The number of carbonyl (C=O) groups is 4. The molecule has 2 aliphatic rings. The van der Waals surface area contributed by atoms with Crippen molar-refractivity contribution in [2.24, 2.45) is 5.92 Å². The third-order valence-electron chi connectivity index (χ3n) is 11.2. The van der Waals surface area contributed by atoms with Crippen LogP contribution in [0.4, 0.5) is 5.69 Å². The maximum Gasteiger partial charge on any atom is 0.261 e. The SMILES string of the molecule is CN(C)C(=O)/C=C/c1ccc(C(=O)CCCC[C@@H](Cc2ccccc2)C(=O)N2CCC(O)(Cn3cnc4cc(NC(=O)CCN5CCOCC5)ccc4c3=O)CC2)cn1. The second-order valence-corrected chi connectivity index (χ2v) is 15.8. The monoisotopic (exact) mass is 805 g/mol. The van der Waals surface area contributed by atoms with Crippen LogP contribution in [0.2, 0.25) is 0 Å². The number of Topliss-reactive ketones (excluding diaryl/α,β-unsaturated/α-hetero) is 1. The number of piperidine rings is 1. The van der Waals surface area contributed by atoms with Crippen molar-refractivity contribution in [1.29, 1.82) is 0 Å². The zero-order chi connectivity index (χ0) is 41.8. The number of morpholine rings is 1. The molecular formula is C45H55N7O7. The first-order valence-electron chi connectivity index (χ1n) is 20.5. The van der Waals surface area contributed by atoms with Crippen LogP contribution in [0, 0.1) is 5.92 Å². The zero-order valence-electron chi connectivity index (χ0n) is 34.1. The number of carbonyl (C=O) groups excluding carboxylic acids is 4. The number of hydrogen-bond donors (Lipinski definition) is 2. The smallest absolute Gasteiger partial charge is 0.261 e. The number of pyridine rings is 1. The second-order valence-electron chi connectivity index (χ2n) is 15.8. The molecule has 14 nitrogen and oxygen atoms in total. The van der Waals surface area contributed by atoms with Gasteiger partial charge >= 0.3 is 0 Å². The molecule has 0 saturated carbocycles. The Balaban J connectivity index is 1.00. The van der Waals surface area contributed by atoms with E-state index in [0.717, 1.165) is 18.7 Å². The van der Waals surface area contributed by atoms with Gasteiger partial charge < -0.3 is 25.0 Å². The van der Waals surface area contributed by atoms with E-state index in [4.69, 9.17) is 4.74 Å². The van der Waals surface area contributed by atoms with Crippen molar-refractivity contribution < 1.29 is 29.0 Å². The molecular weight excluding hydrogens is 751 g/mol. The molecule has 2 aromatic heterocycles. The molecule has 4 aromatic rings. The molecule has 4 heterocycles. The number of nitrogens with one attached hydrogen (secondary N) is 1. The van der Waals surface area contributed by atoms with Crippen molar-refractivity contribution in [3.8, 4) is 0 Å². The highest BCUT2D eigenvalue weighted by atomic mass is 16.5. The number of benzene rings is 2. The number of likely N-dealkylation sites (tertiary alicyclic amines) is 1. The molecule has 312 valence electrons. The molecule has 0 unspecified atom stereocenters. The van der Waals surface area contributed by atoms with Gasteiger partial charge in [0.25, 0.3) is 5.56 Å². The maximum atomic E-state index is 14.0. The quantitative estimate of drug-likeness (QED) is 0.0897. The summed E-state index contributed by atoms with van der Waals surface area (Å²) in [6.07, 6.45) is 9.79. The van der Waals surface area contributed by atoms with Crippen LogP contribution in [0.3, 0.4) is 0 Å². The summed E-state index contributed by atoms with van der Waals surface area (Å²) in [7, 11) is 3.34. The Morgan fingerprint density at radius 2 is 1.71 bits per heavy atom. The summed E-state index contributed by atoms with van der Waals surface area (Å²) in [5, 5.41) is 14.9. The van der Waals surface area contributed by atoms with E-state index >= 15 is 0 Å². The highest BCUT2D eigenvalue weighted by Crippen LogP contribution is 2.28. The number of likely N-dealkylation sites (N-methyl/N-ethyl adjacent to an activating group) is 1. The minimum absolute atomic E-state index is 0.0244. The van der Waals surface area contributed by atoms with E-state index in [2.05, 4.69) is 20.2 Å². The van der Waals surface area contributed by atoms with Gasteiger partial charge in [-0.2, -0.15) is 0 Å². The van der Waals surface area contributed by atoms with Gasteiger partial charge in [0, 0.05) is 89.1 Å². The molecule has 0 radical (unpaired) electrons. The topological polar surface area (TPSA) is 167 Å². The van der Waals surface area contributed by atoms with Gasteiger partial charge in [-0.05, 0) is 74.1 Å². The number of fused-ring (bicyclic) bond motifs is 1. The first kappa shape index (κ1) is 43.0. The largest absolute Gasteiger partial charge is 0.388 e. The third-order valence-corrected chi connectivity index (χ3v) is 11.2. The van der Waals surface area contributed by atoms with Gasteiger partial charge in [-0.25, -0.2) is 4.98 Å². The third kappa shape index (κ3) is 12.2. The fourth-order valence-electron chi connectivity index (χ4n) is 7.54. The molecule has 2 aromatic carbocycles. The molecule has 2 saturated heterocycles. The van der Waals surface area contributed by atoms with Gasteiger partial charge in [-0.1, -0.05) is 36.8 Å². The Morgan fingerprint density at radius 1 is 0.949 bits per heavy atom. The van der Waals surface area contributed by atoms with Crippen LogP contribution in [-0.2, 0) is 32.1 Å². The summed E-state index contributed by atoms with van der Waals surface area (Å²) >= 11 is 0. The van der Waals surface area contributed by atoms with E-state index in [1.165, 1.54) is 28.1 Å². The Labute approximate surface area is 344 Å². The summed E-state index contributed by atoms with van der Waals surface area (Å²) in [5.41, 5.74) is 1.68. The number of nitrogens with zero attached hydrogens (tertiary/aromatic N) is 6. The van der Waals surface area contributed by atoms with Crippen molar-refractivity contribution in [2.75, 3.05) is 65.3 Å². The fraction of sp³-hybridized carbons (Fsp3) is 0.444. The van der Waals surface area contributed by atoms with Crippen LogP contribution in [-0.4, -0.2) is 123 Å². The number of aromatic nitrogens is 3. The first-order chi connectivity index (χ1) is 28.5. The van der Waals surface area contributed by atoms with E-state index in [9.17, 15) is 29.1 Å². The molecule has 3 amide bonds. The molecule has 2 N–H and O–H groups in total. The lowest BCUT2D eigenvalue weighted by Gasteiger charge is -2.39. The zero-order valence-corrected chi connectivity index (χ0v) is 34.1. The van der Waals surface area contributed by atoms with Crippen molar-refractivity contribution in [3.63, 3.8) is 0 Å². The Kier molecular flexibility index (Phi) is 14.9. The number of hydrogen-bond acceptors (Lipinski definition) is 10. The van der Waals surface area contributed by atoms with Crippen molar-refractivity contribution in [2.45, 2.75) is 63.5 Å². The second kappa shape index (κ2) is 20.4. The van der Waals surface area contributed by atoms with Gasteiger partial charge in [-0.15, -0.1) is 0 Å². The van der Waals surface area contributed by atoms with Gasteiger partial charge in [-0.3, -0.25) is 38.4 Å². The Morgan fingerprint density at radius 3 is 2.42 bits per heavy atom. The minimum Gasteiger partial charge on any atom is -0.388 e. The van der Waals surface area contributed by atoms with Crippen LogP contribution < -0.4 is 10.9 Å². The normalized spacial score (nSPS) is 16.2. The predicted molar refractivity (Wildman–Crippen MR) is 226 cm³/mol. The molecule has 0 bridgehead atoms. The molecule has 0 aliphatic carbocycles. The van der Waals surface area contributed by atoms with E-state index < -0.39 is 5.60 Å². The van der Waals surface area contributed by atoms with Crippen molar-refractivity contribution >= 4 is 46.2 Å². The van der Waals surface area contributed by atoms with Crippen LogP contribution in [0.25, 0.3) is 17.0 Å². The Bertz CT molecular complexity index is 2160. The van der Waals surface area contributed by atoms with Crippen LogP contribution >= 0.6 is 0 Å². The van der Waals surface area contributed by atoms with E-state index in [1.54, 1.807) is 50.5 Å². The molecule has 2 fully saturated rings. The number of unbranched alkanes of at least 4 members (excludes halogenated alkanes) is 1. The molecule has 2 aliphatic heterocycles. The lowest BCUT2D eigenvalue weighted by molar-refractivity contribution is -0.140. The molecule has 59 heavy (non-hydrogen) atoms. The number of rotatable bonds is 17. The number of amides is 3. The van der Waals surface area contributed by atoms with Crippen LogP contribution in [0.1, 0.15) is 66.6 Å². The maximum absolute atomic E-state index is 14.0.